The molecule has 0 saturated carbocycles. The highest BCUT2D eigenvalue weighted by molar-refractivity contribution is 7.46. The van der Waals surface area contributed by atoms with Crippen molar-refractivity contribution in [2.24, 2.45) is 0 Å². The van der Waals surface area contributed by atoms with Crippen LogP contribution in [0.1, 0.15) is 68.2 Å². The van der Waals surface area contributed by atoms with Crippen molar-refractivity contribution >= 4 is 47.0 Å². The maximum Gasteiger partial charge on any atom is 0.268 e. The first-order valence-corrected chi connectivity index (χ1v) is 21.8. The molecule has 0 spiro atoms. The summed E-state index contributed by atoms with van der Waals surface area (Å²) >= 11 is 0. The number of alkyl halides is 2. The Hall–Kier alpha value is -0.0603. The molecule has 4 unspecified atom stereocenters. The van der Waals surface area contributed by atoms with Crippen molar-refractivity contribution in [3.63, 3.8) is 0 Å². The van der Waals surface area contributed by atoms with E-state index in [0.29, 0.717) is 0 Å². The van der Waals surface area contributed by atoms with E-state index in [2.05, 4.69) is 4.52 Å². The van der Waals surface area contributed by atoms with Crippen LogP contribution in [0.2, 0.25) is 0 Å². The Bertz CT molecular complexity index is 1370. The van der Waals surface area contributed by atoms with Gasteiger partial charge in [-0.2, -0.15) is 0 Å². The predicted octanol–water partition coefficient (Wildman–Crippen LogP) is -0.180. The van der Waals surface area contributed by atoms with E-state index in [-0.39, 0.29) is 50.5 Å². The number of fused-ring (bicyclic) bond motifs is 1. The number of aliphatic hydroxyl groups excluding tert-OH is 2. The lowest BCUT2D eigenvalue weighted by Gasteiger charge is -2.33. The molecule has 5 aliphatic rings. The number of aliphatic hydroxyl groups is 2. The number of rotatable bonds is 16. The molecule has 328 valence electrons. The molecular weight excluding hydrogens is 816 g/mol. The minimum Gasteiger partial charge on any atom is -0.756 e. The molecule has 58 heavy (non-hydrogen) atoms. The topological polar surface area (TPSA) is 231 Å². The lowest BCUT2D eigenvalue weighted by atomic mass is 9.93. The highest BCUT2D eigenvalue weighted by Gasteiger charge is 2.53. The monoisotopic (exact) mass is 870 g/mol. The van der Waals surface area contributed by atoms with Gasteiger partial charge in [0.15, 0.2) is 0 Å². The molecular formula is C32H54B4F2O18P2-2. The van der Waals surface area contributed by atoms with Crippen LogP contribution < -0.4 is 9.79 Å². The summed E-state index contributed by atoms with van der Waals surface area (Å²) in [7, 11) is 12.9. The molecule has 26 heteroatoms. The van der Waals surface area contributed by atoms with Crippen LogP contribution in [0.5, 0.6) is 0 Å². The second-order valence-corrected chi connectivity index (χ2v) is 18.0. The zero-order valence-corrected chi connectivity index (χ0v) is 35.7. The summed E-state index contributed by atoms with van der Waals surface area (Å²) < 4.78 is 113. The minimum atomic E-state index is -5.08. The summed E-state index contributed by atoms with van der Waals surface area (Å²) in [5.41, 5.74) is 0. The van der Waals surface area contributed by atoms with E-state index in [1.807, 2.05) is 13.8 Å². The number of hydrogen-bond donors (Lipinski definition) is 2. The van der Waals surface area contributed by atoms with E-state index < -0.39 is 113 Å². The van der Waals surface area contributed by atoms with Gasteiger partial charge in [0.25, 0.3) is 27.4 Å². The van der Waals surface area contributed by atoms with Gasteiger partial charge in [-0.1, -0.05) is 0 Å². The van der Waals surface area contributed by atoms with Crippen molar-refractivity contribution in [2.45, 2.75) is 177 Å². The van der Waals surface area contributed by atoms with Crippen LogP contribution in [0, 0.1) is 0 Å². The number of hydrogen-bond acceptors (Lipinski definition) is 18. The Kier molecular flexibility index (Phi) is 19.9. The zero-order valence-electron chi connectivity index (χ0n) is 33.9. The molecule has 8 radical (unpaired) electrons. The molecule has 5 saturated heterocycles. The minimum absolute atomic E-state index is 0.0280. The standard InChI is InChI=1S/C16H28B2FO9P.C8H14BFO3.C8H14BO6P/c1-8(2)23-6-10-14(13(20)15(18)26-10)28-29(21,22)24-7-16(19)11(25-9(3)4)5-12(17)27-16;1-5(2)12-6-3-7(9)13-8(6,10)4-11;1-4(2)12-3-5-6-7(8(9)13-5)15-16(10,11)14-6/h8-15,20H,5-7H2,1-4H3,(H,21,22);5-7,11H,3-4H2,1-2H3;4-8H,3H2,1-2H3,(H,10,11)/p-2/t10-,11-,12-,13?,14+,15-,16-;6-,7-,8-;5-,6+,7?,8-/m111/s1. The Morgan fingerprint density at radius 3 is 1.76 bits per heavy atom. The van der Waals surface area contributed by atoms with Crippen molar-refractivity contribution in [1.82, 2.24) is 0 Å². The first-order valence-electron chi connectivity index (χ1n) is 18.9. The molecule has 0 aromatic heterocycles. The average Bonchev–Trinajstić information content (AvgIpc) is 3.82. The molecule has 18 nitrogen and oxygen atoms in total. The summed E-state index contributed by atoms with van der Waals surface area (Å²) in [4.78, 5) is 23.4. The quantitative estimate of drug-likeness (QED) is 0.151. The molecule has 0 aliphatic carbocycles. The molecule has 0 bridgehead atoms. The molecule has 5 fully saturated rings. The van der Waals surface area contributed by atoms with Gasteiger partial charge in [-0.25, -0.2) is 8.78 Å². The molecule has 5 rings (SSSR count). The highest BCUT2D eigenvalue weighted by atomic mass is 31.2. The van der Waals surface area contributed by atoms with Crippen LogP contribution in [0.25, 0.3) is 0 Å². The zero-order chi connectivity index (χ0) is 44.0. The highest BCUT2D eigenvalue weighted by Crippen LogP contribution is 2.53. The fraction of sp³-hybridized carbons (Fsp3) is 1.00. The van der Waals surface area contributed by atoms with E-state index in [1.165, 1.54) is 0 Å². The molecule has 5 aliphatic heterocycles. The van der Waals surface area contributed by atoms with Gasteiger partial charge in [-0.3, -0.25) is 9.13 Å². The largest absolute Gasteiger partial charge is 0.756 e. The lowest BCUT2D eigenvalue weighted by Crippen LogP contribution is -2.43. The summed E-state index contributed by atoms with van der Waals surface area (Å²) in [6, 6.07) is -3.63. The molecule has 0 aromatic rings. The third-order valence-electron chi connectivity index (χ3n) is 8.71. The van der Waals surface area contributed by atoms with Crippen molar-refractivity contribution < 1.29 is 93.9 Å². The molecule has 0 aromatic carbocycles. The van der Waals surface area contributed by atoms with Crippen LogP contribution in [0.4, 0.5) is 8.78 Å². The van der Waals surface area contributed by atoms with E-state index in [0.717, 1.165) is 0 Å². The first kappa shape index (κ1) is 52.3. The van der Waals surface area contributed by atoms with Gasteiger partial charge in [0.2, 0.25) is 0 Å². The number of halogens is 2. The summed E-state index contributed by atoms with van der Waals surface area (Å²) in [5.74, 6) is -4.71. The van der Waals surface area contributed by atoms with Crippen molar-refractivity contribution in [3.05, 3.63) is 0 Å². The molecule has 2 N–H and O–H groups in total. The fourth-order valence-corrected chi connectivity index (χ4v) is 8.27. The van der Waals surface area contributed by atoms with Crippen LogP contribution in [0.15, 0.2) is 0 Å². The van der Waals surface area contributed by atoms with E-state index in [4.69, 9.17) is 88.0 Å². The van der Waals surface area contributed by atoms with Gasteiger partial charge in [-0.15, -0.1) is 0 Å². The Balaban J connectivity index is 0.000000259. The smallest absolute Gasteiger partial charge is 0.268 e. The van der Waals surface area contributed by atoms with Gasteiger partial charge in [-0.05, 0) is 68.2 Å². The Labute approximate surface area is 344 Å². The van der Waals surface area contributed by atoms with E-state index in [9.17, 15) is 28.4 Å². The average molecular weight is 870 g/mol. The van der Waals surface area contributed by atoms with E-state index in [1.54, 1.807) is 41.5 Å². The Morgan fingerprint density at radius 2 is 1.26 bits per heavy atom. The number of phosphoric ester groups is 2. The van der Waals surface area contributed by atoms with Crippen molar-refractivity contribution in [3.8, 4) is 0 Å². The van der Waals surface area contributed by atoms with E-state index >= 15 is 4.39 Å². The summed E-state index contributed by atoms with van der Waals surface area (Å²) in [6.07, 6.45) is -7.92. The van der Waals surface area contributed by atoms with Crippen LogP contribution in [0.3, 0.4) is 0 Å². The van der Waals surface area contributed by atoms with Gasteiger partial charge in [0.05, 0.1) is 37.6 Å². The predicted molar refractivity (Wildman–Crippen MR) is 198 cm³/mol. The number of ether oxygens (including phenoxy) is 8. The normalized spacial score (nSPS) is 42.1. The Morgan fingerprint density at radius 1 is 0.793 bits per heavy atom. The van der Waals surface area contributed by atoms with Crippen LogP contribution in [-0.4, -0.2) is 177 Å². The van der Waals surface area contributed by atoms with Gasteiger partial charge in [0.1, 0.15) is 93.4 Å². The number of phosphoric acid groups is 2. The molecule has 16 atom stereocenters. The maximum atomic E-state index is 15.1. The summed E-state index contributed by atoms with van der Waals surface area (Å²) in [6.45, 7) is 12.7. The SMILES string of the molecule is [B][C@@H]1O[C@H](COC(C)C)[C@@H]2OP(=O)([O-])OC12.[B][C@@H]1O[C@H](COC(C)C)[C@H](OP(=O)([O-])OC[C@@]2(F)O[C@@H]([B])C[C@H]2OC(C)C)C1O.[B][C@H]1C[C@@H](OC(C)C)[C@@](F)(CO)O1. The van der Waals surface area contributed by atoms with Crippen molar-refractivity contribution in [1.29, 1.82) is 0 Å². The van der Waals surface area contributed by atoms with Crippen molar-refractivity contribution in [2.75, 3.05) is 26.4 Å². The van der Waals surface area contributed by atoms with Gasteiger partial charge < -0.3 is 76.0 Å². The summed E-state index contributed by atoms with van der Waals surface area (Å²) in [5, 5.41) is 18.9. The molecule has 5 heterocycles. The van der Waals surface area contributed by atoms with Crippen LogP contribution in [-0.2, 0) is 65.1 Å². The van der Waals surface area contributed by atoms with Gasteiger partial charge >= 0.3 is 0 Å². The third-order valence-corrected chi connectivity index (χ3v) is 10.7. The maximum absolute atomic E-state index is 15.1. The van der Waals surface area contributed by atoms with Crippen LogP contribution >= 0.6 is 15.6 Å². The second kappa shape index (κ2) is 22.0. The lowest BCUT2D eigenvalue weighted by molar-refractivity contribution is -0.252. The molecule has 0 amide bonds. The fourth-order valence-electron chi connectivity index (χ4n) is 6.18. The third kappa shape index (κ3) is 15.3. The second-order valence-electron chi connectivity index (χ2n) is 15.3. The first-order chi connectivity index (χ1) is 26.7. The van der Waals surface area contributed by atoms with Gasteiger partial charge in [0, 0.05) is 24.0 Å².